The summed E-state index contributed by atoms with van der Waals surface area (Å²) in [7, 11) is 0. The third kappa shape index (κ3) is 3.03. The molecule has 15 heavy (non-hydrogen) atoms. The predicted octanol–water partition coefficient (Wildman–Crippen LogP) is 2.33. The lowest BCUT2D eigenvalue weighted by atomic mass is 10.1. The van der Waals surface area contributed by atoms with Crippen molar-refractivity contribution in [2.45, 2.75) is 13.3 Å². The number of nitrogens with one attached hydrogen (secondary N) is 1. The van der Waals surface area contributed by atoms with Crippen LogP contribution in [0, 0.1) is 17.2 Å². The number of hydrogen-bond acceptors (Lipinski definition) is 3. The molecule has 1 atom stereocenters. The summed E-state index contributed by atoms with van der Waals surface area (Å²) in [5.74, 6) is -0.505. The van der Waals surface area contributed by atoms with E-state index in [2.05, 4.69) is 26.2 Å². The highest BCUT2D eigenvalue weighted by atomic mass is 79.9. The molecule has 0 fully saturated rings. The quantitative estimate of drug-likeness (QED) is 0.914. The minimum Gasteiger partial charge on any atom is -0.309 e. The normalized spacial score (nSPS) is 11.5. The molecule has 0 saturated carbocycles. The van der Waals surface area contributed by atoms with Crippen LogP contribution in [0.25, 0.3) is 0 Å². The number of halogens is 1. The van der Waals surface area contributed by atoms with Crippen molar-refractivity contribution in [1.29, 1.82) is 5.26 Å². The molecule has 78 valence electrons. The number of nitriles is 1. The molecule has 0 radical (unpaired) electrons. The van der Waals surface area contributed by atoms with Crippen LogP contribution in [0.15, 0.2) is 22.8 Å². The van der Waals surface area contributed by atoms with E-state index in [1.165, 1.54) is 0 Å². The molecule has 1 N–H and O–H groups in total. The van der Waals surface area contributed by atoms with Crippen molar-refractivity contribution in [2.75, 3.05) is 5.32 Å². The van der Waals surface area contributed by atoms with Gasteiger partial charge in [-0.1, -0.05) is 6.92 Å². The number of pyridine rings is 1. The van der Waals surface area contributed by atoms with E-state index in [0.29, 0.717) is 16.7 Å². The first-order chi connectivity index (χ1) is 7.19. The van der Waals surface area contributed by atoms with Gasteiger partial charge in [-0.05, 0) is 34.5 Å². The van der Waals surface area contributed by atoms with Gasteiger partial charge in [-0.25, -0.2) is 4.98 Å². The Labute approximate surface area is 96.4 Å². The molecule has 0 aliphatic rings. The third-order valence-corrected chi connectivity index (χ3v) is 2.52. The summed E-state index contributed by atoms with van der Waals surface area (Å²) in [4.78, 5) is 15.5. The summed E-state index contributed by atoms with van der Waals surface area (Å²) in [6.45, 7) is 1.79. The van der Waals surface area contributed by atoms with Crippen molar-refractivity contribution >= 4 is 27.7 Å². The molecule has 0 aromatic carbocycles. The molecule has 0 aliphatic heterocycles. The largest absolute Gasteiger partial charge is 0.309 e. The smallest absolute Gasteiger partial charge is 0.242 e. The number of carbonyl (C=O) groups is 1. The molecule has 0 bridgehead atoms. The summed E-state index contributed by atoms with van der Waals surface area (Å²) < 4.78 is 0.700. The molecule has 1 unspecified atom stereocenters. The molecule has 0 saturated heterocycles. The van der Waals surface area contributed by atoms with Crippen molar-refractivity contribution in [2.24, 2.45) is 5.92 Å². The van der Waals surface area contributed by atoms with Gasteiger partial charge < -0.3 is 5.32 Å². The first-order valence-electron chi connectivity index (χ1n) is 4.50. The van der Waals surface area contributed by atoms with Crippen LogP contribution in [0.4, 0.5) is 5.82 Å². The first-order valence-corrected chi connectivity index (χ1v) is 5.29. The molecule has 5 heteroatoms. The van der Waals surface area contributed by atoms with Crippen LogP contribution < -0.4 is 5.32 Å². The topological polar surface area (TPSA) is 65.8 Å². The Morgan fingerprint density at radius 2 is 2.53 bits per heavy atom. The number of nitrogens with zero attached hydrogens (tertiary/aromatic N) is 2. The highest BCUT2D eigenvalue weighted by Gasteiger charge is 2.16. The van der Waals surface area contributed by atoms with Gasteiger partial charge in [0.25, 0.3) is 0 Å². The highest BCUT2D eigenvalue weighted by molar-refractivity contribution is 9.10. The van der Waals surface area contributed by atoms with Crippen LogP contribution >= 0.6 is 15.9 Å². The van der Waals surface area contributed by atoms with Crippen LogP contribution in [-0.2, 0) is 4.79 Å². The first kappa shape index (κ1) is 11.7. The maximum atomic E-state index is 11.5. The molecule has 0 aliphatic carbocycles. The summed E-state index contributed by atoms with van der Waals surface area (Å²) in [6.07, 6.45) is 2.07. The van der Waals surface area contributed by atoms with Gasteiger partial charge in [0.1, 0.15) is 11.7 Å². The SMILES string of the molecule is CCC(C#N)C(=O)Nc1ncccc1Br. The van der Waals surface area contributed by atoms with E-state index in [1.54, 1.807) is 25.3 Å². The van der Waals surface area contributed by atoms with Gasteiger partial charge in [0.2, 0.25) is 5.91 Å². The molecule has 1 heterocycles. The van der Waals surface area contributed by atoms with Crippen molar-refractivity contribution in [3.05, 3.63) is 22.8 Å². The number of anilines is 1. The molecular weight excluding hydrogens is 258 g/mol. The Bertz CT molecular complexity index is 400. The second-order valence-electron chi connectivity index (χ2n) is 2.91. The second-order valence-corrected chi connectivity index (χ2v) is 3.77. The standard InChI is InChI=1S/C10H10BrN3O/c1-2-7(6-12)10(15)14-9-8(11)4-3-5-13-9/h3-5,7H,2H2,1H3,(H,13,14,15). The number of hydrogen-bond donors (Lipinski definition) is 1. The van der Waals surface area contributed by atoms with Crippen LogP contribution in [0.2, 0.25) is 0 Å². The summed E-state index contributed by atoms with van der Waals surface area (Å²) in [6, 6.07) is 5.46. The van der Waals surface area contributed by atoms with Crippen LogP contribution in [0.1, 0.15) is 13.3 Å². The van der Waals surface area contributed by atoms with E-state index < -0.39 is 5.92 Å². The zero-order chi connectivity index (χ0) is 11.3. The van der Waals surface area contributed by atoms with Crippen LogP contribution in [-0.4, -0.2) is 10.9 Å². The highest BCUT2D eigenvalue weighted by Crippen LogP contribution is 2.19. The summed E-state index contributed by atoms with van der Waals surface area (Å²) >= 11 is 3.26. The van der Waals surface area contributed by atoms with Gasteiger partial charge in [-0.2, -0.15) is 5.26 Å². The monoisotopic (exact) mass is 267 g/mol. The Kier molecular flexibility index (Phi) is 4.25. The van der Waals surface area contributed by atoms with E-state index in [0.717, 1.165) is 0 Å². The Morgan fingerprint density at radius 3 is 3.07 bits per heavy atom. The van der Waals surface area contributed by atoms with Gasteiger partial charge in [0.15, 0.2) is 0 Å². The average molecular weight is 268 g/mol. The zero-order valence-corrected chi connectivity index (χ0v) is 9.78. The lowest BCUT2D eigenvalue weighted by Gasteiger charge is -2.08. The molecule has 1 rings (SSSR count). The molecule has 1 aromatic rings. The second kappa shape index (κ2) is 5.47. The van der Waals surface area contributed by atoms with Crippen molar-refractivity contribution in [1.82, 2.24) is 4.98 Å². The van der Waals surface area contributed by atoms with Gasteiger partial charge in [-0.15, -0.1) is 0 Å². The molecule has 1 amide bonds. The van der Waals surface area contributed by atoms with E-state index in [9.17, 15) is 4.79 Å². The Balaban J connectivity index is 2.75. The van der Waals surface area contributed by atoms with Gasteiger partial charge in [-0.3, -0.25) is 4.79 Å². The fourth-order valence-corrected chi connectivity index (χ4v) is 1.37. The number of rotatable bonds is 3. The van der Waals surface area contributed by atoms with Gasteiger partial charge >= 0.3 is 0 Å². The van der Waals surface area contributed by atoms with E-state index in [4.69, 9.17) is 5.26 Å². The summed E-state index contributed by atoms with van der Waals surface area (Å²) in [5.41, 5.74) is 0. The zero-order valence-electron chi connectivity index (χ0n) is 8.20. The lowest BCUT2D eigenvalue weighted by Crippen LogP contribution is -2.21. The molecule has 0 spiro atoms. The maximum absolute atomic E-state index is 11.5. The van der Waals surface area contributed by atoms with Crippen molar-refractivity contribution in [3.8, 4) is 6.07 Å². The number of carbonyl (C=O) groups excluding carboxylic acids is 1. The van der Waals surface area contributed by atoms with E-state index >= 15 is 0 Å². The fraction of sp³-hybridized carbons (Fsp3) is 0.300. The minimum atomic E-state index is -0.626. The lowest BCUT2D eigenvalue weighted by molar-refractivity contribution is -0.118. The van der Waals surface area contributed by atoms with E-state index in [-0.39, 0.29) is 5.91 Å². The number of aromatic nitrogens is 1. The van der Waals surface area contributed by atoms with Crippen LogP contribution in [0.5, 0.6) is 0 Å². The predicted molar refractivity (Wildman–Crippen MR) is 60.0 cm³/mol. The molecule has 4 nitrogen and oxygen atoms in total. The minimum absolute atomic E-state index is 0.320. The van der Waals surface area contributed by atoms with Crippen molar-refractivity contribution in [3.63, 3.8) is 0 Å². The maximum Gasteiger partial charge on any atom is 0.242 e. The average Bonchev–Trinajstić information content (AvgIpc) is 2.23. The molecular formula is C10H10BrN3O. The molecule has 1 aromatic heterocycles. The Morgan fingerprint density at radius 1 is 1.80 bits per heavy atom. The summed E-state index contributed by atoms with van der Waals surface area (Å²) in [5, 5.41) is 11.3. The van der Waals surface area contributed by atoms with E-state index in [1.807, 2.05) is 6.07 Å². The fourth-order valence-electron chi connectivity index (χ4n) is 1.02. The van der Waals surface area contributed by atoms with Gasteiger partial charge in [0, 0.05) is 6.20 Å². The van der Waals surface area contributed by atoms with Crippen molar-refractivity contribution < 1.29 is 4.79 Å². The number of amides is 1. The van der Waals surface area contributed by atoms with Crippen LogP contribution in [0.3, 0.4) is 0 Å². The Hall–Kier alpha value is -1.41. The van der Waals surface area contributed by atoms with Gasteiger partial charge in [0.05, 0.1) is 10.5 Å². The third-order valence-electron chi connectivity index (χ3n) is 1.88.